The molecule has 0 spiro atoms. The molecule has 114 valence electrons. The minimum Gasteiger partial charge on any atom is -0.493 e. The van der Waals surface area contributed by atoms with Crippen LogP contribution in [0.3, 0.4) is 0 Å². The molecule has 1 aliphatic rings. The first-order valence-electron chi connectivity index (χ1n) is 6.71. The second-order valence-corrected chi connectivity index (χ2v) is 4.85. The average Bonchev–Trinajstić information content (AvgIpc) is 2.48. The van der Waals surface area contributed by atoms with Crippen LogP contribution < -0.4 is 10.1 Å². The van der Waals surface area contributed by atoms with Crippen molar-refractivity contribution in [2.24, 2.45) is 0 Å². The van der Waals surface area contributed by atoms with E-state index in [9.17, 15) is 0 Å². The molecular weight excluding hydrogens is 307 g/mol. The summed E-state index contributed by atoms with van der Waals surface area (Å²) in [5.74, 6) is 1.58. The van der Waals surface area contributed by atoms with Crippen LogP contribution in [0, 0.1) is 0 Å². The number of nitrogens with one attached hydrogen (secondary N) is 1. The van der Waals surface area contributed by atoms with E-state index in [1.165, 1.54) is 11.1 Å². The monoisotopic (exact) mass is 326 g/mol. The number of para-hydroxylation sites is 1. The van der Waals surface area contributed by atoms with Crippen LogP contribution in [-0.2, 0) is 0 Å². The van der Waals surface area contributed by atoms with E-state index in [4.69, 9.17) is 4.74 Å². The lowest BCUT2D eigenvalue weighted by Gasteiger charge is -2.27. The van der Waals surface area contributed by atoms with E-state index in [0.717, 1.165) is 30.9 Å². The Morgan fingerprint density at radius 2 is 1.95 bits per heavy atom. The summed E-state index contributed by atoms with van der Waals surface area (Å²) in [6.45, 7) is 1.79. The van der Waals surface area contributed by atoms with E-state index < -0.39 is 0 Å². The number of hydrogen-bond acceptors (Lipinski definition) is 3. The van der Waals surface area contributed by atoms with Gasteiger partial charge >= 0.3 is 0 Å². The summed E-state index contributed by atoms with van der Waals surface area (Å²) in [6, 6.07) is 10.5. The van der Waals surface area contributed by atoms with Crippen molar-refractivity contribution in [1.82, 2.24) is 10.3 Å². The van der Waals surface area contributed by atoms with Crippen molar-refractivity contribution in [2.75, 3.05) is 20.2 Å². The average molecular weight is 327 g/mol. The largest absolute Gasteiger partial charge is 0.493 e. The summed E-state index contributed by atoms with van der Waals surface area (Å²) in [6.07, 6.45) is 4.72. The molecule has 0 aliphatic carbocycles. The van der Waals surface area contributed by atoms with E-state index in [1.807, 2.05) is 31.6 Å². The number of benzene rings is 1. The Labute approximate surface area is 137 Å². The molecule has 21 heavy (non-hydrogen) atoms. The summed E-state index contributed by atoms with van der Waals surface area (Å²) in [5, 5.41) is 3.27. The summed E-state index contributed by atoms with van der Waals surface area (Å²) in [5.41, 5.74) is 3.65. The van der Waals surface area contributed by atoms with Crippen molar-refractivity contribution in [3.05, 3.63) is 48.3 Å². The zero-order valence-electron chi connectivity index (χ0n) is 11.9. The lowest BCUT2D eigenvalue weighted by atomic mass is 9.90. The van der Waals surface area contributed by atoms with Gasteiger partial charge in [-0.25, -0.2) is 0 Å². The molecule has 1 N–H and O–H groups in total. The number of rotatable bonds is 3. The van der Waals surface area contributed by atoms with Crippen LogP contribution in [0.15, 0.2) is 42.7 Å². The van der Waals surface area contributed by atoms with Gasteiger partial charge < -0.3 is 10.1 Å². The van der Waals surface area contributed by atoms with Crippen LogP contribution in [-0.4, -0.2) is 25.2 Å². The summed E-state index contributed by atoms with van der Waals surface area (Å²) in [4.78, 5) is 4.08. The Kier molecular flexibility index (Phi) is 6.96. The zero-order chi connectivity index (χ0) is 13.1. The van der Waals surface area contributed by atoms with Gasteiger partial charge in [0.1, 0.15) is 5.75 Å². The topological polar surface area (TPSA) is 34.1 Å². The van der Waals surface area contributed by atoms with Crippen LogP contribution in [0.1, 0.15) is 17.9 Å². The first-order chi connectivity index (χ1) is 9.40. The molecule has 0 fully saturated rings. The first-order valence-corrected chi connectivity index (χ1v) is 6.71. The molecule has 0 saturated heterocycles. The Hall–Kier alpha value is -1.29. The molecule has 0 saturated carbocycles. The highest BCUT2D eigenvalue weighted by Crippen LogP contribution is 2.40. The smallest absolute Gasteiger partial charge is 0.130 e. The van der Waals surface area contributed by atoms with Gasteiger partial charge in [0.2, 0.25) is 0 Å². The maximum absolute atomic E-state index is 5.94. The molecular formula is C16H20Cl2N2O. The van der Waals surface area contributed by atoms with Crippen LogP contribution >= 0.6 is 24.8 Å². The number of nitrogens with zero attached hydrogens (tertiary/aromatic N) is 1. The minimum absolute atomic E-state index is 0. The van der Waals surface area contributed by atoms with Crippen LogP contribution in [0.2, 0.25) is 0 Å². The van der Waals surface area contributed by atoms with E-state index in [0.29, 0.717) is 5.92 Å². The van der Waals surface area contributed by atoms with Gasteiger partial charge in [0.25, 0.3) is 0 Å². The second kappa shape index (κ2) is 8.23. The minimum atomic E-state index is 0. The maximum Gasteiger partial charge on any atom is 0.130 e. The number of pyridine rings is 1. The van der Waals surface area contributed by atoms with Gasteiger partial charge in [-0.05, 0) is 36.7 Å². The highest BCUT2D eigenvalue weighted by Gasteiger charge is 2.23. The lowest BCUT2D eigenvalue weighted by molar-refractivity contribution is 0.267. The normalized spacial score (nSPS) is 16.0. The quantitative estimate of drug-likeness (QED) is 0.934. The fraction of sp³-hybridized carbons (Fsp3) is 0.312. The lowest BCUT2D eigenvalue weighted by Crippen LogP contribution is -2.23. The highest BCUT2D eigenvalue weighted by atomic mass is 35.5. The van der Waals surface area contributed by atoms with Gasteiger partial charge in [0.05, 0.1) is 6.61 Å². The van der Waals surface area contributed by atoms with Crippen LogP contribution in [0.4, 0.5) is 0 Å². The highest BCUT2D eigenvalue weighted by molar-refractivity contribution is 5.85. The number of likely N-dealkylation sites (N-methyl/N-ethyl adjacent to an activating group) is 1. The molecule has 1 aromatic carbocycles. The molecule has 2 heterocycles. The second-order valence-electron chi connectivity index (χ2n) is 4.85. The van der Waals surface area contributed by atoms with Crippen molar-refractivity contribution in [2.45, 2.75) is 12.3 Å². The fourth-order valence-corrected chi connectivity index (χ4v) is 2.71. The standard InChI is InChI=1S/C16H18N2O.2ClH/c1-17-11-13-7-10-19-16-14(3-2-4-15(13)16)12-5-8-18-9-6-12;;/h2-6,8-9,13,17H,7,10-11H2,1H3;2*1H/t13-;;/m0../s1. The Morgan fingerprint density at radius 1 is 1.19 bits per heavy atom. The Bertz CT molecular complexity index is 563. The van der Waals surface area contributed by atoms with Crippen molar-refractivity contribution in [3.63, 3.8) is 0 Å². The third-order valence-corrected chi connectivity index (χ3v) is 3.64. The van der Waals surface area contributed by atoms with Gasteiger partial charge in [0.15, 0.2) is 0 Å². The van der Waals surface area contributed by atoms with Gasteiger partial charge in [-0.3, -0.25) is 4.98 Å². The predicted molar refractivity (Wildman–Crippen MR) is 90.9 cm³/mol. The van der Waals surface area contributed by atoms with Gasteiger partial charge in [0, 0.05) is 30.4 Å². The molecule has 0 amide bonds. The number of ether oxygens (including phenoxy) is 1. The van der Waals surface area contributed by atoms with Crippen molar-refractivity contribution < 1.29 is 4.74 Å². The van der Waals surface area contributed by atoms with Crippen LogP contribution in [0.5, 0.6) is 5.75 Å². The number of halogens is 2. The number of fused-ring (bicyclic) bond motifs is 1. The van der Waals surface area contributed by atoms with Crippen molar-refractivity contribution in [1.29, 1.82) is 0 Å². The fourth-order valence-electron chi connectivity index (χ4n) is 2.71. The molecule has 5 heteroatoms. The number of aromatic nitrogens is 1. The first kappa shape index (κ1) is 17.8. The Balaban J connectivity index is 0.00000110. The van der Waals surface area contributed by atoms with E-state index in [-0.39, 0.29) is 24.8 Å². The van der Waals surface area contributed by atoms with E-state index >= 15 is 0 Å². The van der Waals surface area contributed by atoms with Gasteiger partial charge in [-0.2, -0.15) is 0 Å². The van der Waals surface area contributed by atoms with E-state index in [1.54, 1.807) is 0 Å². The summed E-state index contributed by atoms with van der Waals surface area (Å²) < 4.78 is 5.94. The molecule has 1 atom stereocenters. The number of hydrogen-bond donors (Lipinski definition) is 1. The predicted octanol–water partition coefficient (Wildman–Crippen LogP) is 3.68. The van der Waals surface area contributed by atoms with Crippen LogP contribution in [0.25, 0.3) is 11.1 Å². The summed E-state index contributed by atoms with van der Waals surface area (Å²) in [7, 11) is 2.00. The third-order valence-electron chi connectivity index (χ3n) is 3.64. The van der Waals surface area contributed by atoms with Gasteiger partial charge in [-0.1, -0.05) is 18.2 Å². The maximum atomic E-state index is 5.94. The summed E-state index contributed by atoms with van der Waals surface area (Å²) >= 11 is 0. The van der Waals surface area contributed by atoms with E-state index in [2.05, 4.69) is 28.5 Å². The Morgan fingerprint density at radius 3 is 2.67 bits per heavy atom. The van der Waals surface area contributed by atoms with Crippen molar-refractivity contribution in [3.8, 4) is 16.9 Å². The molecule has 1 aliphatic heterocycles. The van der Waals surface area contributed by atoms with Gasteiger partial charge in [-0.15, -0.1) is 24.8 Å². The molecule has 2 aromatic rings. The molecule has 0 radical (unpaired) electrons. The zero-order valence-corrected chi connectivity index (χ0v) is 13.5. The van der Waals surface area contributed by atoms with Crippen molar-refractivity contribution >= 4 is 24.8 Å². The molecule has 0 bridgehead atoms. The molecule has 3 nitrogen and oxygen atoms in total. The molecule has 3 rings (SSSR count). The molecule has 0 unspecified atom stereocenters. The molecule has 1 aromatic heterocycles. The SMILES string of the molecule is CNC[C@@H]1CCOc2c(-c3ccncc3)cccc21.Cl.Cl. The third kappa shape index (κ3) is 3.67.